The molecule has 3 aromatic rings. The van der Waals surface area contributed by atoms with Crippen molar-refractivity contribution in [3.63, 3.8) is 0 Å². The smallest absolute Gasteiger partial charge is 0.240 e. The van der Waals surface area contributed by atoms with Gasteiger partial charge >= 0.3 is 0 Å². The van der Waals surface area contributed by atoms with Gasteiger partial charge in [-0.2, -0.15) is 4.98 Å². The third-order valence-corrected chi connectivity index (χ3v) is 3.09. The number of aromatic nitrogens is 2. The fourth-order valence-electron chi connectivity index (χ4n) is 2.08. The molecule has 0 spiro atoms. The van der Waals surface area contributed by atoms with Crippen molar-refractivity contribution in [2.45, 2.75) is 26.4 Å². The first-order valence-electron chi connectivity index (χ1n) is 6.91. The summed E-state index contributed by atoms with van der Waals surface area (Å²) in [5.74, 6) is 3.10. The summed E-state index contributed by atoms with van der Waals surface area (Å²) in [4.78, 5) is 4.37. The Hall–Kier alpha value is -2.40. The van der Waals surface area contributed by atoms with E-state index >= 15 is 0 Å². The highest BCUT2D eigenvalue weighted by Crippen LogP contribution is 2.08. The first-order valence-corrected chi connectivity index (χ1v) is 6.91. The summed E-state index contributed by atoms with van der Waals surface area (Å²) >= 11 is 0. The number of rotatable bonds is 6. The molecule has 5 heteroatoms. The van der Waals surface area contributed by atoms with Gasteiger partial charge in [-0.05, 0) is 24.6 Å². The monoisotopic (exact) mass is 283 g/mol. The van der Waals surface area contributed by atoms with Gasteiger partial charge in [0.1, 0.15) is 11.5 Å². The molecule has 1 aromatic carbocycles. The number of furan rings is 1. The third kappa shape index (κ3) is 3.79. The van der Waals surface area contributed by atoms with Crippen molar-refractivity contribution in [2.75, 3.05) is 0 Å². The zero-order chi connectivity index (χ0) is 14.5. The van der Waals surface area contributed by atoms with Crippen LogP contribution in [0.5, 0.6) is 0 Å². The number of benzene rings is 1. The van der Waals surface area contributed by atoms with Gasteiger partial charge in [0.25, 0.3) is 0 Å². The van der Waals surface area contributed by atoms with Gasteiger partial charge in [0.2, 0.25) is 5.89 Å². The second-order valence-electron chi connectivity index (χ2n) is 4.88. The summed E-state index contributed by atoms with van der Waals surface area (Å²) in [5, 5.41) is 7.21. The van der Waals surface area contributed by atoms with E-state index in [9.17, 15) is 0 Å². The van der Waals surface area contributed by atoms with E-state index in [4.69, 9.17) is 8.94 Å². The van der Waals surface area contributed by atoms with Crippen LogP contribution in [-0.2, 0) is 19.5 Å². The molecular weight excluding hydrogens is 266 g/mol. The van der Waals surface area contributed by atoms with E-state index in [1.807, 2.05) is 49.4 Å². The summed E-state index contributed by atoms with van der Waals surface area (Å²) in [5.41, 5.74) is 1.17. The Morgan fingerprint density at radius 3 is 2.67 bits per heavy atom. The van der Waals surface area contributed by atoms with E-state index < -0.39 is 0 Å². The van der Waals surface area contributed by atoms with Crippen molar-refractivity contribution in [3.8, 4) is 0 Å². The number of hydrogen-bond acceptors (Lipinski definition) is 5. The molecular formula is C16H17N3O2. The average molecular weight is 283 g/mol. The molecule has 0 saturated heterocycles. The molecule has 0 amide bonds. The molecule has 0 unspecified atom stereocenters. The van der Waals surface area contributed by atoms with E-state index in [0.717, 1.165) is 11.5 Å². The average Bonchev–Trinajstić information content (AvgIpc) is 3.10. The standard InChI is InChI=1S/C16H17N3O2/c1-12-7-8-14(20-12)10-17-11-16-18-15(19-21-16)9-13-5-3-2-4-6-13/h2-8,17H,9-11H2,1H3. The highest BCUT2D eigenvalue weighted by atomic mass is 16.5. The zero-order valence-corrected chi connectivity index (χ0v) is 11.9. The molecule has 0 bridgehead atoms. The SMILES string of the molecule is Cc1ccc(CNCc2nc(Cc3ccccc3)no2)o1. The zero-order valence-electron chi connectivity index (χ0n) is 11.9. The normalized spacial score (nSPS) is 10.9. The molecule has 21 heavy (non-hydrogen) atoms. The second kappa shape index (κ2) is 6.37. The lowest BCUT2D eigenvalue weighted by atomic mass is 10.1. The highest BCUT2D eigenvalue weighted by molar-refractivity contribution is 5.18. The maximum Gasteiger partial charge on any atom is 0.240 e. The lowest BCUT2D eigenvalue weighted by Gasteiger charge is -1.97. The van der Waals surface area contributed by atoms with Crippen LogP contribution in [0.1, 0.15) is 28.8 Å². The summed E-state index contributed by atoms with van der Waals surface area (Å²) in [7, 11) is 0. The van der Waals surface area contributed by atoms with Crippen LogP contribution in [0, 0.1) is 6.92 Å². The lowest BCUT2D eigenvalue weighted by molar-refractivity contribution is 0.359. The molecule has 0 fully saturated rings. The molecule has 0 atom stereocenters. The van der Waals surface area contributed by atoms with Crippen LogP contribution in [0.3, 0.4) is 0 Å². The Balaban J connectivity index is 1.51. The Morgan fingerprint density at radius 2 is 1.90 bits per heavy atom. The molecule has 5 nitrogen and oxygen atoms in total. The molecule has 108 valence electrons. The summed E-state index contributed by atoms with van der Waals surface area (Å²) in [6, 6.07) is 14.0. The van der Waals surface area contributed by atoms with Gasteiger partial charge in [-0.1, -0.05) is 35.5 Å². The first-order chi connectivity index (χ1) is 10.3. The van der Waals surface area contributed by atoms with Crippen molar-refractivity contribution in [1.29, 1.82) is 0 Å². The molecule has 0 aliphatic heterocycles. The molecule has 1 N–H and O–H groups in total. The summed E-state index contributed by atoms with van der Waals surface area (Å²) in [6.07, 6.45) is 0.682. The van der Waals surface area contributed by atoms with Gasteiger partial charge < -0.3 is 14.3 Å². The van der Waals surface area contributed by atoms with Crippen LogP contribution >= 0.6 is 0 Å². The van der Waals surface area contributed by atoms with Gasteiger partial charge in [0.15, 0.2) is 5.82 Å². The number of aryl methyl sites for hydroxylation is 1. The third-order valence-electron chi connectivity index (χ3n) is 3.09. The fraction of sp³-hybridized carbons (Fsp3) is 0.250. The number of nitrogens with zero attached hydrogens (tertiary/aromatic N) is 2. The van der Waals surface area contributed by atoms with Gasteiger partial charge in [0, 0.05) is 6.42 Å². The summed E-state index contributed by atoms with van der Waals surface area (Å²) in [6.45, 7) is 3.10. The fourth-order valence-corrected chi connectivity index (χ4v) is 2.08. The van der Waals surface area contributed by atoms with Crippen molar-refractivity contribution in [3.05, 3.63) is 71.3 Å². The molecule has 0 aliphatic rings. The molecule has 2 aromatic heterocycles. The predicted molar refractivity (Wildman–Crippen MR) is 77.5 cm³/mol. The largest absolute Gasteiger partial charge is 0.465 e. The first kappa shape index (κ1) is 13.6. The minimum Gasteiger partial charge on any atom is -0.465 e. The van der Waals surface area contributed by atoms with Crippen LogP contribution in [0.4, 0.5) is 0 Å². The maximum absolute atomic E-state index is 5.48. The van der Waals surface area contributed by atoms with Crippen LogP contribution in [0.25, 0.3) is 0 Å². The topological polar surface area (TPSA) is 64.1 Å². The maximum atomic E-state index is 5.48. The van der Waals surface area contributed by atoms with E-state index in [0.29, 0.717) is 31.2 Å². The van der Waals surface area contributed by atoms with Gasteiger partial charge in [-0.25, -0.2) is 0 Å². The number of hydrogen-bond donors (Lipinski definition) is 1. The Bertz CT molecular complexity index is 688. The minimum absolute atomic E-state index is 0.529. The minimum atomic E-state index is 0.529. The Morgan fingerprint density at radius 1 is 1.05 bits per heavy atom. The van der Waals surface area contributed by atoms with E-state index in [-0.39, 0.29) is 0 Å². The Labute approximate surface area is 123 Å². The van der Waals surface area contributed by atoms with Crippen molar-refractivity contribution in [2.24, 2.45) is 0 Å². The molecule has 0 aliphatic carbocycles. The summed E-state index contributed by atoms with van der Waals surface area (Å²) < 4.78 is 10.7. The highest BCUT2D eigenvalue weighted by Gasteiger charge is 2.07. The number of nitrogens with one attached hydrogen (secondary N) is 1. The second-order valence-corrected chi connectivity index (χ2v) is 4.88. The molecule has 3 rings (SSSR count). The molecule has 2 heterocycles. The van der Waals surface area contributed by atoms with Crippen LogP contribution in [0.2, 0.25) is 0 Å². The molecule has 0 saturated carbocycles. The van der Waals surface area contributed by atoms with Crippen molar-refractivity contribution in [1.82, 2.24) is 15.5 Å². The van der Waals surface area contributed by atoms with Gasteiger partial charge in [-0.3, -0.25) is 0 Å². The quantitative estimate of drug-likeness (QED) is 0.753. The van der Waals surface area contributed by atoms with Crippen molar-refractivity contribution < 1.29 is 8.94 Å². The lowest BCUT2D eigenvalue weighted by Crippen LogP contribution is -2.12. The van der Waals surface area contributed by atoms with E-state index in [1.54, 1.807) is 0 Å². The Kier molecular flexibility index (Phi) is 4.12. The predicted octanol–water partition coefficient (Wildman–Crippen LogP) is 2.85. The molecule has 0 radical (unpaired) electrons. The van der Waals surface area contributed by atoms with E-state index in [2.05, 4.69) is 15.5 Å². The van der Waals surface area contributed by atoms with Crippen LogP contribution in [0.15, 0.2) is 51.4 Å². The van der Waals surface area contributed by atoms with Crippen LogP contribution < -0.4 is 5.32 Å². The van der Waals surface area contributed by atoms with Gasteiger partial charge in [-0.15, -0.1) is 0 Å². The van der Waals surface area contributed by atoms with Crippen molar-refractivity contribution >= 4 is 0 Å². The van der Waals surface area contributed by atoms with E-state index in [1.165, 1.54) is 5.56 Å². The van der Waals surface area contributed by atoms with Gasteiger partial charge in [0.05, 0.1) is 13.1 Å². The van der Waals surface area contributed by atoms with Crippen LogP contribution in [-0.4, -0.2) is 10.1 Å².